The van der Waals surface area contributed by atoms with Crippen LogP contribution in [-0.4, -0.2) is 41.0 Å². The van der Waals surface area contributed by atoms with Gasteiger partial charge in [-0.25, -0.2) is 5.43 Å². The lowest BCUT2D eigenvalue weighted by Crippen LogP contribution is -2.33. The average Bonchev–Trinajstić information content (AvgIpc) is 3.15. The highest BCUT2D eigenvalue weighted by molar-refractivity contribution is 5.82. The first-order valence-electron chi connectivity index (χ1n) is 9.06. The van der Waals surface area contributed by atoms with Crippen molar-refractivity contribution in [3.8, 4) is 11.5 Å². The number of nitrogens with one attached hydrogen (secondary N) is 1. The molecule has 0 aromatic heterocycles. The number of carbonyl (C=O) groups is 1. The molecular formula is C19H18N4O8. The van der Waals surface area contributed by atoms with E-state index in [-0.39, 0.29) is 23.8 Å². The quantitative estimate of drug-likeness (QED) is 0.381. The van der Waals surface area contributed by atoms with Crippen molar-refractivity contribution in [2.24, 2.45) is 5.10 Å². The number of nitro groups is 2. The van der Waals surface area contributed by atoms with E-state index < -0.39 is 27.0 Å². The van der Waals surface area contributed by atoms with E-state index in [4.69, 9.17) is 14.2 Å². The fourth-order valence-electron chi connectivity index (χ4n) is 2.77. The predicted octanol–water partition coefficient (Wildman–Crippen LogP) is 2.90. The minimum absolute atomic E-state index is 0.00509. The third-order valence-electron chi connectivity index (χ3n) is 4.24. The van der Waals surface area contributed by atoms with Gasteiger partial charge in [0, 0.05) is 6.07 Å². The van der Waals surface area contributed by atoms with Gasteiger partial charge < -0.3 is 14.2 Å². The molecule has 1 saturated heterocycles. The van der Waals surface area contributed by atoms with Crippen LogP contribution in [0.25, 0.3) is 0 Å². The number of amides is 1. The second kappa shape index (κ2) is 9.28. The monoisotopic (exact) mass is 430 g/mol. The molecule has 1 heterocycles. The molecule has 0 radical (unpaired) electrons. The number of benzene rings is 2. The topological polar surface area (TPSA) is 155 Å². The zero-order valence-corrected chi connectivity index (χ0v) is 16.3. The summed E-state index contributed by atoms with van der Waals surface area (Å²) in [7, 11) is 0. The van der Waals surface area contributed by atoms with Crippen LogP contribution in [0.3, 0.4) is 0 Å². The molecule has 1 fully saturated rings. The van der Waals surface area contributed by atoms with Gasteiger partial charge in [-0.1, -0.05) is 0 Å². The van der Waals surface area contributed by atoms with Crippen molar-refractivity contribution in [2.45, 2.75) is 19.1 Å². The summed E-state index contributed by atoms with van der Waals surface area (Å²) >= 11 is 0. The van der Waals surface area contributed by atoms with Crippen molar-refractivity contribution < 1.29 is 28.9 Å². The Kier molecular flexibility index (Phi) is 6.52. The number of rotatable bonds is 8. The molecule has 1 aliphatic rings. The zero-order chi connectivity index (χ0) is 22.4. The van der Waals surface area contributed by atoms with Crippen LogP contribution in [-0.2, 0) is 14.3 Å². The highest BCUT2D eigenvalue weighted by atomic mass is 16.7. The van der Waals surface area contributed by atoms with Gasteiger partial charge in [-0.05, 0) is 42.8 Å². The predicted molar refractivity (Wildman–Crippen MR) is 107 cm³/mol. The van der Waals surface area contributed by atoms with Gasteiger partial charge in [-0.2, -0.15) is 5.10 Å². The number of carbonyl (C=O) groups excluding carboxylic acids is 1. The number of nitrogens with zero attached hydrogens (tertiary/aromatic N) is 3. The lowest BCUT2D eigenvalue weighted by Gasteiger charge is -2.20. The van der Waals surface area contributed by atoms with Gasteiger partial charge in [-0.15, -0.1) is 0 Å². The number of ether oxygens (including phenoxy) is 3. The Hall–Kier alpha value is -3.90. The van der Waals surface area contributed by atoms with E-state index in [0.717, 1.165) is 12.1 Å². The number of hydrogen-bond acceptors (Lipinski definition) is 9. The van der Waals surface area contributed by atoms with Crippen LogP contribution in [0.2, 0.25) is 0 Å². The maximum Gasteiger partial charge on any atom is 0.318 e. The molecule has 31 heavy (non-hydrogen) atoms. The number of non-ortho nitro benzene ring substituents is 1. The summed E-state index contributed by atoms with van der Waals surface area (Å²) in [6, 6.07) is 9.43. The second-order valence-electron chi connectivity index (χ2n) is 6.64. The fourth-order valence-corrected chi connectivity index (χ4v) is 2.77. The molecule has 162 valence electrons. The Morgan fingerprint density at radius 2 is 1.84 bits per heavy atom. The van der Waals surface area contributed by atoms with Gasteiger partial charge in [0.25, 0.3) is 5.69 Å². The Morgan fingerprint density at radius 3 is 2.45 bits per heavy atom. The summed E-state index contributed by atoms with van der Waals surface area (Å²) in [6.07, 6.45) is 1.42. The fraction of sp³-hybridized carbons (Fsp3) is 0.263. The molecule has 2 aromatic carbocycles. The molecular weight excluding hydrogens is 412 g/mol. The third kappa shape index (κ3) is 5.81. The molecule has 0 spiro atoms. The van der Waals surface area contributed by atoms with E-state index in [0.29, 0.717) is 18.8 Å². The normalized spacial score (nSPS) is 15.0. The SMILES string of the molecule is CC1(CC(=O)N/N=C\c2ccc(Oc3ccc([N+](=O)[O-])cc3[N+](=O)[O-])cc2)OCCO1. The van der Waals surface area contributed by atoms with Gasteiger partial charge >= 0.3 is 5.69 Å². The summed E-state index contributed by atoms with van der Waals surface area (Å²) in [5, 5.41) is 25.8. The Bertz CT molecular complexity index is 1020. The molecule has 1 aliphatic heterocycles. The molecule has 1 amide bonds. The average molecular weight is 430 g/mol. The summed E-state index contributed by atoms with van der Waals surface area (Å²) in [5.74, 6) is -1.17. The van der Waals surface area contributed by atoms with E-state index in [9.17, 15) is 25.0 Å². The van der Waals surface area contributed by atoms with Gasteiger partial charge in [0.1, 0.15) is 5.75 Å². The minimum Gasteiger partial charge on any atom is -0.450 e. The third-order valence-corrected chi connectivity index (χ3v) is 4.24. The van der Waals surface area contributed by atoms with E-state index >= 15 is 0 Å². The van der Waals surface area contributed by atoms with E-state index in [1.807, 2.05) is 0 Å². The first-order chi connectivity index (χ1) is 14.8. The second-order valence-corrected chi connectivity index (χ2v) is 6.64. The highest BCUT2D eigenvalue weighted by Crippen LogP contribution is 2.34. The molecule has 2 aromatic rings. The zero-order valence-electron chi connectivity index (χ0n) is 16.3. The molecule has 0 saturated carbocycles. The molecule has 12 heteroatoms. The summed E-state index contributed by atoms with van der Waals surface area (Å²) in [5.41, 5.74) is 2.08. The van der Waals surface area contributed by atoms with Gasteiger partial charge in [0.05, 0.1) is 41.8 Å². The molecule has 0 bridgehead atoms. The molecule has 3 rings (SSSR count). The summed E-state index contributed by atoms with van der Waals surface area (Å²) < 4.78 is 16.2. The van der Waals surface area contributed by atoms with Gasteiger partial charge in [0.2, 0.25) is 11.7 Å². The molecule has 1 N–H and O–H groups in total. The van der Waals surface area contributed by atoms with Gasteiger partial charge in [-0.3, -0.25) is 25.0 Å². The lowest BCUT2D eigenvalue weighted by atomic mass is 10.2. The number of nitro benzene ring substituents is 2. The van der Waals surface area contributed by atoms with Crippen molar-refractivity contribution in [3.05, 3.63) is 68.3 Å². The van der Waals surface area contributed by atoms with Crippen LogP contribution >= 0.6 is 0 Å². The van der Waals surface area contributed by atoms with Gasteiger partial charge in [0.15, 0.2) is 5.79 Å². The first kappa shape index (κ1) is 21.8. The Labute approximate surface area is 175 Å². The first-order valence-corrected chi connectivity index (χ1v) is 9.06. The van der Waals surface area contributed by atoms with E-state index in [1.54, 1.807) is 19.1 Å². The summed E-state index contributed by atoms with van der Waals surface area (Å²) in [4.78, 5) is 32.4. The Balaban J connectivity index is 1.60. The number of hydrazone groups is 1. The molecule has 12 nitrogen and oxygen atoms in total. The molecule has 0 aliphatic carbocycles. The van der Waals surface area contributed by atoms with E-state index in [1.165, 1.54) is 24.4 Å². The smallest absolute Gasteiger partial charge is 0.318 e. The van der Waals surface area contributed by atoms with Crippen LogP contribution in [0.1, 0.15) is 18.9 Å². The maximum absolute atomic E-state index is 11.9. The van der Waals surface area contributed by atoms with Crippen LogP contribution in [0.5, 0.6) is 11.5 Å². The summed E-state index contributed by atoms with van der Waals surface area (Å²) in [6.45, 7) is 2.55. The van der Waals surface area contributed by atoms with Crippen LogP contribution in [0, 0.1) is 20.2 Å². The minimum atomic E-state index is -0.945. The van der Waals surface area contributed by atoms with Crippen molar-refractivity contribution in [1.82, 2.24) is 5.43 Å². The van der Waals surface area contributed by atoms with E-state index in [2.05, 4.69) is 10.5 Å². The van der Waals surface area contributed by atoms with Crippen LogP contribution in [0.15, 0.2) is 47.6 Å². The van der Waals surface area contributed by atoms with Crippen molar-refractivity contribution in [2.75, 3.05) is 13.2 Å². The largest absolute Gasteiger partial charge is 0.450 e. The number of hydrogen-bond donors (Lipinski definition) is 1. The molecule has 0 atom stereocenters. The Morgan fingerprint density at radius 1 is 1.16 bits per heavy atom. The maximum atomic E-state index is 11.9. The lowest BCUT2D eigenvalue weighted by molar-refractivity contribution is -0.394. The standard InChI is InChI=1S/C19H18N4O8/c1-19(29-8-9-30-19)11-18(24)21-20-12-13-2-5-15(6-3-13)31-17-7-4-14(22(25)26)10-16(17)23(27)28/h2-7,10,12H,8-9,11H2,1H3,(H,21,24)/b20-12-. The van der Waals surface area contributed by atoms with Crippen molar-refractivity contribution in [1.29, 1.82) is 0 Å². The molecule has 0 unspecified atom stereocenters. The highest BCUT2D eigenvalue weighted by Gasteiger charge is 2.33. The van der Waals surface area contributed by atoms with Crippen molar-refractivity contribution >= 4 is 23.5 Å². The van der Waals surface area contributed by atoms with Crippen molar-refractivity contribution in [3.63, 3.8) is 0 Å². The van der Waals surface area contributed by atoms with Crippen LogP contribution in [0.4, 0.5) is 11.4 Å². The van der Waals surface area contributed by atoms with Crippen LogP contribution < -0.4 is 10.2 Å².